The summed E-state index contributed by atoms with van der Waals surface area (Å²) < 4.78 is 32.4. The van der Waals surface area contributed by atoms with Gasteiger partial charge < -0.3 is 10.1 Å². The van der Waals surface area contributed by atoms with E-state index in [1.165, 1.54) is 23.5 Å². The summed E-state index contributed by atoms with van der Waals surface area (Å²) >= 11 is 1.63. The van der Waals surface area contributed by atoms with Gasteiger partial charge in [0.25, 0.3) is 0 Å². The van der Waals surface area contributed by atoms with Crippen LogP contribution in [0.4, 0.5) is 5.69 Å². The minimum atomic E-state index is -3.64. The first-order valence-electron chi connectivity index (χ1n) is 9.03. The van der Waals surface area contributed by atoms with E-state index in [9.17, 15) is 13.2 Å². The van der Waals surface area contributed by atoms with E-state index in [1.807, 2.05) is 30.5 Å². The summed E-state index contributed by atoms with van der Waals surface area (Å²) in [5, 5.41) is 2.90. The van der Waals surface area contributed by atoms with Crippen molar-refractivity contribution in [2.45, 2.75) is 22.6 Å². The zero-order chi connectivity index (χ0) is 20.1. The number of sulfonamides is 1. The average Bonchev–Trinajstić information content (AvgIpc) is 2.74. The monoisotopic (exact) mass is 420 g/mol. The summed E-state index contributed by atoms with van der Waals surface area (Å²) in [6, 6.07) is 13.9. The Hall–Kier alpha value is -2.03. The van der Waals surface area contributed by atoms with Gasteiger partial charge in [0.05, 0.1) is 17.9 Å². The fourth-order valence-corrected chi connectivity index (χ4v) is 5.12. The SMILES string of the molecule is COc1ccc(S(=O)(=O)N2CCC[C@@H](C(=O)Nc3ccc(SC)cc3)C2)cc1. The van der Waals surface area contributed by atoms with Gasteiger partial charge in [-0.1, -0.05) is 0 Å². The molecule has 0 bridgehead atoms. The minimum absolute atomic E-state index is 0.147. The zero-order valence-electron chi connectivity index (χ0n) is 15.9. The minimum Gasteiger partial charge on any atom is -0.497 e. The number of thioether (sulfide) groups is 1. The quantitative estimate of drug-likeness (QED) is 0.725. The van der Waals surface area contributed by atoms with Gasteiger partial charge in [-0.25, -0.2) is 8.42 Å². The summed E-state index contributed by atoms with van der Waals surface area (Å²) in [5.41, 5.74) is 0.720. The third-order valence-electron chi connectivity index (χ3n) is 4.81. The maximum Gasteiger partial charge on any atom is 0.243 e. The Kier molecular flexibility index (Phi) is 6.64. The lowest BCUT2D eigenvalue weighted by molar-refractivity contribution is -0.120. The lowest BCUT2D eigenvalue weighted by atomic mass is 9.99. The third-order valence-corrected chi connectivity index (χ3v) is 7.43. The van der Waals surface area contributed by atoms with Crippen molar-refractivity contribution in [2.24, 2.45) is 5.92 Å². The highest BCUT2D eigenvalue weighted by Crippen LogP contribution is 2.26. The molecule has 2 aromatic rings. The number of hydrogen-bond donors (Lipinski definition) is 1. The highest BCUT2D eigenvalue weighted by molar-refractivity contribution is 7.98. The van der Waals surface area contributed by atoms with Crippen LogP contribution in [0.2, 0.25) is 0 Å². The van der Waals surface area contributed by atoms with Crippen molar-refractivity contribution in [1.29, 1.82) is 0 Å². The molecule has 0 unspecified atom stereocenters. The summed E-state index contributed by atoms with van der Waals surface area (Å²) in [6.45, 7) is 0.601. The highest BCUT2D eigenvalue weighted by atomic mass is 32.2. The van der Waals surface area contributed by atoms with Gasteiger partial charge in [0, 0.05) is 23.7 Å². The van der Waals surface area contributed by atoms with Gasteiger partial charge in [-0.3, -0.25) is 4.79 Å². The molecule has 1 aliphatic rings. The van der Waals surface area contributed by atoms with Gasteiger partial charge in [0.15, 0.2) is 0 Å². The molecule has 0 aromatic heterocycles. The molecule has 1 atom stereocenters. The van der Waals surface area contributed by atoms with Gasteiger partial charge >= 0.3 is 0 Å². The van der Waals surface area contributed by atoms with E-state index in [2.05, 4.69) is 5.32 Å². The van der Waals surface area contributed by atoms with Gasteiger partial charge in [-0.15, -0.1) is 11.8 Å². The predicted molar refractivity (Wildman–Crippen MR) is 111 cm³/mol. The molecule has 1 heterocycles. The maximum absolute atomic E-state index is 12.9. The molecule has 2 aromatic carbocycles. The smallest absolute Gasteiger partial charge is 0.243 e. The Bertz CT molecular complexity index is 912. The second kappa shape index (κ2) is 8.98. The highest BCUT2D eigenvalue weighted by Gasteiger charge is 2.33. The zero-order valence-corrected chi connectivity index (χ0v) is 17.6. The number of hydrogen-bond acceptors (Lipinski definition) is 5. The second-order valence-corrected chi connectivity index (χ2v) is 9.41. The van der Waals surface area contributed by atoms with Crippen LogP contribution in [0.25, 0.3) is 0 Å². The van der Waals surface area contributed by atoms with Crippen molar-refractivity contribution < 1.29 is 17.9 Å². The predicted octanol–water partition coefficient (Wildman–Crippen LogP) is 3.46. The van der Waals surface area contributed by atoms with Crippen LogP contribution in [0, 0.1) is 5.92 Å². The number of ether oxygens (including phenoxy) is 1. The fraction of sp³-hybridized carbons (Fsp3) is 0.350. The number of piperidine rings is 1. The van der Waals surface area contributed by atoms with E-state index >= 15 is 0 Å². The first-order valence-corrected chi connectivity index (χ1v) is 11.7. The van der Waals surface area contributed by atoms with Crippen LogP contribution in [0.15, 0.2) is 58.3 Å². The van der Waals surface area contributed by atoms with E-state index in [0.717, 1.165) is 10.6 Å². The first kappa shape index (κ1) is 20.7. The van der Waals surface area contributed by atoms with Gasteiger partial charge in [-0.2, -0.15) is 4.31 Å². The van der Waals surface area contributed by atoms with E-state index in [0.29, 0.717) is 25.1 Å². The molecule has 1 amide bonds. The number of carbonyl (C=O) groups excluding carboxylic acids is 1. The van der Waals surface area contributed by atoms with Crippen LogP contribution < -0.4 is 10.1 Å². The number of nitrogens with zero attached hydrogens (tertiary/aromatic N) is 1. The molecule has 1 saturated heterocycles. The van der Waals surface area contributed by atoms with E-state index in [1.54, 1.807) is 23.9 Å². The van der Waals surface area contributed by atoms with Crippen LogP contribution in [-0.4, -0.2) is 45.1 Å². The van der Waals surface area contributed by atoms with Crippen molar-refractivity contribution in [2.75, 3.05) is 31.8 Å². The Morgan fingerprint density at radius 3 is 2.43 bits per heavy atom. The number of anilines is 1. The fourth-order valence-electron chi connectivity index (χ4n) is 3.19. The van der Waals surface area contributed by atoms with Crippen LogP contribution in [-0.2, 0) is 14.8 Å². The Labute approximate surface area is 170 Å². The first-order chi connectivity index (χ1) is 13.4. The summed E-state index contributed by atoms with van der Waals surface area (Å²) in [5.74, 6) is 0.0795. The third kappa shape index (κ3) is 4.68. The lowest BCUT2D eigenvalue weighted by Gasteiger charge is -2.31. The number of rotatable bonds is 6. The van der Waals surface area contributed by atoms with Crippen molar-refractivity contribution in [3.8, 4) is 5.75 Å². The molecule has 0 radical (unpaired) electrons. The Morgan fingerprint density at radius 1 is 1.14 bits per heavy atom. The van der Waals surface area contributed by atoms with Crippen molar-refractivity contribution in [3.05, 3.63) is 48.5 Å². The van der Waals surface area contributed by atoms with Crippen LogP contribution >= 0.6 is 11.8 Å². The molecule has 1 aliphatic heterocycles. The molecule has 0 aliphatic carbocycles. The number of nitrogens with one attached hydrogen (secondary N) is 1. The largest absolute Gasteiger partial charge is 0.497 e. The molecule has 6 nitrogen and oxygen atoms in total. The molecule has 1 N–H and O–H groups in total. The Morgan fingerprint density at radius 2 is 1.82 bits per heavy atom. The normalized spacial score (nSPS) is 17.9. The average molecular weight is 421 g/mol. The number of methoxy groups -OCH3 is 1. The summed E-state index contributed by atoms with van der Waals surface area (Å²) in [7, 11) is -2.11. The van der Waals surface area contributed by atoms with Gasteiger partial charge in [0.1, 0.15) is 5.75 Å². The van der Waals surface area contributed by atoms with Crippen LogP contribution in [0.5, 0.6) is 5.75 Å². The Balaban J connectivity index is 1.68. The molecule has 0 spiro atoms. The van der Waals surface area contributed by atoms with Gasteiger partial charge in [-0.05, 0) is 67.6 Å². The van der Waals surface area contributed by atoms with E-state index in [-0.39, 0.29) is 23.3 Å². The number of amides is 1. The molecule has 3 rings (SSSR count). The molecule has 28 heavy (non-hydrogen) atoms. The molecule has 150 valence electrons. The lowest BCUT2D eigenvalue weighted by Crippen LogP contribution is -2.43. The van der Waals surface area contributed by atoms with Crippen molar-refractivity contribution >= 4 is 33.4 Å². The molecule has 1 fully saturated rings. The molecular formula is C20H24N2O4S2. The second-order valence-electron chi connectivity index (χ2n) is 6.60. The number of benzene rings is 2. The van der Waals surface area contributed by atoms with Crippen LogP contribution in [0.1, 0.15) is 12.8 Å². The standard InChI is InChI=1S/C20H24N2O4S2/c1-26-17-7-11-19(12-8-17)28(24,25)22-13-3-4-15(14-22)20(23)21-16-5-9-18(27-2)10-6-16/h5-12,15H,3-4,13-14H2,1-2H3,(H,21,23)/t15-/m1/s1. The molecule has 8 heteroatoms. The maximum atomic E-state index is 12.9. The van der Waals surface area contributed by atoms with E-state index < -0.39 is 10.0 Å². The topological polar surface area (TPSA) is 75.7 Å². The van der Waals surface area contributed by atoms with Crippen molar-refractivity contribution in [3.63, 3.8) is 0 Å². The van der Waals surface area contributed by atoms with E-state index in [4.69, 9.17) is 4.74 Å². The molecule has 0 saturated carbocycles. The molecular weight excluding hydrogens is 396 g/mol. The summed E-state index contributed by atoms with van der Waals surface area (Å²) in [6.07, 6.45) is 3.32. The summed E-state index contributed by atoms with van der Waals surface area (Å²) in [4.78, 5) is 14.0. The van der Waals surface area contributed by atoms with Crippen LogP contribution in [0.3, 0.4) is 0 Å². The number of carbonyl (C=O) groups is 1. The van der Waals surface area contributed by atoms with Gasteiger partial charge in [0.2, 0.25) is 15.9 Å². The van der Waals surface area contributed by atoms with Crippen molar-refractivity contribution in [1.82, 2.24) is 4.31 Å².